The molecule has 0 aromatic carbocycles. The molecule has 0 saturated heterocycles. The van der Waals surface area contributed by atoms with Crippen LogP contribution in [0.2, 0.25) is 0 Å². The van der Waals surface area contributed by atoms with E-state index < -0.39 is 0 Å². The van der Waals surface area contributed by atoms with Crippen molar-refractivity contribution in [2.45, 2.75) is 46.2 Å². The van der Waals surface area contributed by atoms with E-state index in [1.165, 1.54) is 18.5 Å². The lowest BCUT2D eigenvalue weighted by atomic mass is 10.2. The van der Waals surface area contributed by atoms with E-state index in [9.17, 15) is 0 Å². The Balaban J connectivity index is 2.41. The van der Waals surface area contributed by atoms with Crippen LogP contribution in [-0.4, -0.2) is 15.8 Å². The molecule has 0 bridgehead atoms. The van der Waals surface area contributed by atoms with Crippen molar-refractivity contribution in [3.8, 4) is 0 Å². The summed E-state index contributed by atoms with van der Waals surface area (Å²) in [4.78, 5) is 0. The predicted octanol–water partition coefficient (Wildman–Crippen LogP) is 2.01. The molecular weight excluding hydrogens is 174 g/mol. The van der Waals surface area contributed by atoms with E-state index in [-0.39, 0.29) is 0 Å². The van der Waals surface area contributed by atoms with Crippen LogP contribution >= 0.6 is 0 Å². The minimum atomic E-state index is 0.593. The first kappa shape index (κ1) is 11.2. The van der Waals surface area contributed by atoms with Crippen LogP contribution < -0.4 is 5.32 Å². The standard InChI is InChI=1S/C11H21N3/c1-5-6-9(2)12-8-11-7-10(3)13-14(11)4/h7,9,12H,5-6,8H2,1-4H3. The summed E-state index contributed by atoms with van der Waals surface area (Å²) in [7, 11) is 1.99. The van der Waals surface area contributed by atoms with E-state index in [4.69, 9.17) is 0 Å². The van der Waals surface area contributed by atoms with E-state index in [0.29, 0.717) is 6.04 Å². The van der Waals surface area contributed by atoms with Gasteiger partial charge in [0.2, 0.25) is 0 Å². The zero-order valence-corrected chi connectivity index (χ0v) is 9.67. The first-order valence-electron chi connectivity index (χ1n) is 5.36. The number of hydrogen-bond donors (Lipinski definition) is 1. The molecule has 3 nitrogen and oxygen atoms in total. The summed E-state index contributed by atoms with van der Waals surface area (Å²) in [6.45, 7) is 7.39. The van der Waals surface area contributed by atoms with Gasteiger partial charge in [0.1, 0.15) is 0 Å². The molecule has 1 atom stereocenters. The molecule has 1 rings (SSSR count). The molecule has 0 spiro atoms. The smallest absolute Gasteiger partial charge is 0.0597 e. The predicted molar refractivity (Wildman–Crippen MR) is 59.2 cm³/mol. The Labute approximate surface area is 86.5 Å². The van der Waals surface area contributed by atoms with Gasteiger partial charge in [-0.25, -0.2) is 0 Å². The van der Waals surface area contributed by atoms with Crippen LogP contribution in [0.1, 0.15) is 38.1 Å². The average molecular weight is 195 g/mol. The second-order valence-electron chi connectivity index (χ2n) is 3.97. The number of rotatable bonds is 5. The average Bonchev–Trinajstić information content (AvgIpc) is 2.42. The lowest BCUT2D eigenvalue weighted by Crippen LogP contribution is -2.26. The number of aromatic nitrogens is 2. The molecule has 1 N–H and O–H groups in total. The van der Waals surface area contributed by atoms with E-state index >= 15 is 0 Å². The summed E-state index contributed by atoms with van der Waals surface area (Å²) >= 11 is 0. The molecule has 1 aromatic rings. The van der Waals surface area contributed by atoms with Gasteiger partial charge in [-0.1, -0.05) is 13.3 Å². The Morgan fingerprint density at radius 3 is 2.79 bits per heavy atom. The normalized spacial score (nSPS) is 13.1. The van der Waals surface area contributed by atoms with Crippen LogP contribution in [0.25, 0.3) is 0 Å². The third-order valence-corrected chi connectivity index (χ3v) is 2.45. The van der Waals surface area contributed by atoms with Gasteiger partial charge in [0.15, 0.2) is 0 Å². The quantitative estimate of drug-likeness (QED) is 0.779. The van der Waals surface area contributed by atoms with Gasteiger partial charge in [0.05, 0.1) is 11.4 Å². The van der Waals surface area contributed by atoms with E-state index in [2.05, 4.69) is 30.3 Å². The molecule has 0 fully saturated rings. The van der Waals surface area contributed by atoms with Gasteiger partial charge >= 0.3 is 0 Å². The topological polar surface area (TPSA) is 29.9 Å². The van der Waals surface area contributed by atoms with Crippen molar-refractivity contribution in [1.29, 1.82) is 0 Å². The number of nitrogens with zero attached hydrogens (tertiary/aromatic N) is 2. The Morgan fingerprint density at radius 2 is 2.29 bits per heavy atom. The molecular formula is C11H21N3. The van der Waals surface area contributed by atoms with Gasteiger partial charge in [-0.15, -0.1) is 0 Å². The highest BCUT2D eigenvalue weighted by molar-refractivity contribution is 5.08. The van der Waals surface area contributed by atoms with Gasteiger partial charge in [-0.2, -0.15) is 5.10 Å². The Hall–Kier alpha value is -0.830. The zero-order chi connectivity index (χ0) is 10.6. The Kier molecular flexibility index (Phi) is 4.14. The molecule has 1 heterocycles. The maximum atomic E-state index is 4.31. The van der Waals surface area contributed by atoms with Gasteiger partial charge in [-0.05, 0) is 26.3 Å². The second-order valence-corrected chi connectivity index (χ2v) is 3.97. The third kappa shape index (κ3) is 3.14. The minimum Gasteiger partial charge on any atom is -0.309 e. The first-order valence-corrected chi connectivity index (χ1v) is 5.36. The molecule has 0 aliphatic rings. The molecule has 80 valence electrons. The summed E-state index contributed by atoms with van der Waals surface area (Å²) in [5.41, 5.74) is 2.35. The molecule has 3 heteroatoms. The lowest BCUT2D eigenvalue weighted by Gasteiger charge is -2.12. The lowest BCUT2D eigenvalue weighted by molar-refractivity contribution is 0.495. The van der Waals surface area contributed by atoms with Crippen LogP contribution in [0.5, 0.6) is 0 Å². The van der Waals surface area contributed by atoms with Crippen LogP contribution in [0.3, 0.4) is 0 Å². The monoisotopic (exact) mass is 195 g/mol. The van der Waals surface area contributed by atoms with Crippen molar-refractivity contribution in [1.82, 2.24) is 15.1 Å². The first-order chi connectivity index (χ1) is 6.63. The number of aryl methyl sites for hydroxylation is 2. The summed E-state index contributed by atoms with van der Waals surface area (Å²) in [5, 5.41) is 7.80. The van der Waals surface area contributed by atoms with Gasteiger partial charge in [-0.3, -0.25) is 4.68 Å². The highest BCUT2D eigenvalue weighted by Gasteiger charge is 2.03. The van der Waals surface area contributed by atoms with E-state index in [0.717, 1.165) is 12.2 Å². The Morgan fingerprint density at radius 1 is 1.57 bits per heavy atom. The highest BCUT2D eigenvalue weighted by atomic mass is 15.3. The molecule has 0 saturated carbocycles. The van der Waals surface area contributed by atoms with Crippen LogP contribution in [0, 0.1) is 6.92 Å². The summed E-state index contributed by atoms with van der Waals surface area (Å²) in [6, 6.07) is 2.72. The van der Waals surface area contributed by atoms with E-state index in [1.807, 2.05) is 18.7 Å². The SMILES string of the molecule is CCCC(C)NCc1cc(C)nn1C. The number of hydrogen-bond acceptors (Lipinski definition) is 2. The molecule has 0 aliphatic heterocycles. The summed E-state index contributed by atoms with van der Waals surface area (Å²) in [5.74, 6) is 0. The molecule has 0 amide bonds. The molecule has 1 aromatic heterocycles. The fourth-order valence-corrected chi connectivity index (χ4v) is 1.64. The number of nitrogens with one attached hydrogen (secondary N) is 1. The van der Waals surface area contributed by atoms with Crippen molar-refractivity contribution in [2.24, 2.45) is 7.05 Å². The van der Waals surface area contributed by atoms with Crippen molar-refractivity contribution < 1.29 is 0 Å². The van der Waals surface area contributed by atoms with Crippen molar-refractivity contribution in [2.75, 3.05) is 0 Å². The van der Waals surface area contributed by atoms with Crippen LogP contribution in [0.15, 0.2) is 6.07 Å². The largest absolute Gasteiger partial charge is 0.309 e. The third-order valence-electron chi connectivity index (χ3n) is 2.45. The molecule has 0 radical (unpaired) electrons. The van der Waals surface area contributed by atoms with Crippen molar-refractivity contribution >= 4 is 0 Å². The summed E-state index contributed by atoms with van der Waals surface area (Å²) < 4.78 is 1.95. The Bertz CT molecular complexity index is 278. The molecule has 1 unspecified atom stereocenters. The second kappa shape index (κ2) is 5.15. The fourth-order valence-electron chi connectivity index (χ4n) is 1.64. The van der Waals surface area contributed by atoms with Gasteiger partial charge < -0.3 is 5.32 Å². The summed E-state index contributed by atoms with van der Waals surface area (Å²) in [6.07, 6.45) is 2.47. The highest BCUT2D eigenvalue weighted by Crippen LogP contribution is 2.03. The van der Waals surface area contributed by atoms with Crippen molar-refractivity contribution in [3.63, 3.8) is 0 Å². The van der Waals surface area contributed by atoms with Crippen LogP contribution in [0.4, 0.5) is 0 Å². The van der Waals surface area contributed by atoms with Gasteiger partial charge in [0, 0.05) is 19.6 Å². The van der Waals surface area contributed by atoms with Gasteiger partial charge in [0.25, 0.3) is 0 Å². The van der Waals surface area contributed by atoms with Crippen molar-refractivity contribution in [3.05, 3.63) is 17.5 Å². The molecule has 14 heavy (non-hydrogen) atoms. The van der Waals surface area contributed by atoms with E-state index in [1.54, 1.807) is 0 Å². The maximum Gasteiger partial charge on any atom is 0.0597 e. The van der Waals surface area contributed by atoms with Crippen LogP contribution in [-0.2, 0) is 13.6 Å². The molecule has 0 aliphatic carbocycles. The minimum absolute atomic E-state index is 0.593. The maximum absolute atomic E-state index is 4.31. The zero-order valence-electron chi connectivity index (χ0n) is 9.67. The fraction of sp³-hybridized carbons (Fsp3) is 0.727.